The molecule has 1 aliphatic rings. The average molecular weight is 468 g/mol. The Labute approximate surface area is 185 Å². The van der Waals surface area contributed by atoms with Crippen molar-refractivity contribution in [1.29, 1.82) is 0 Å². The van der Waals surface area contributed by atoms with Crippen LogP contribution in [-0.4, -0.2) is 71.9 Å². The number of carbonyl (C=O) groups is 1. The van der Waals surface area contributed by atoms with Crippen molar-refractivity contribution in [3.05, 3.63) is 40.0 Å². The van der Waals surface area contributed by atoms with Crippen LogP contribution < -0.4 is 4.74 Å². The first kappa shape index (κ1) is 23.6. The van der Waals surface area contributed by atoms with Gasteiger partial charge >= 0.3 is 5.69 Å². The van der Waals surface area contributed by atoms with Crippen LogP contribution in [-0.2, 0) is 27.7 Å². The fourth-order valence-electron chi connectivity index (χ4n) is 3.38. The molecule has 2 heterocycles. The van der Waals surface area contributed by atoms with Crippen molar-refractivity contribution < 1.29 is 27.4 Å². The predicted octanol–water partition coefficient (Wildman–Crippen LogP) is 1.40. The third-order valence-corrected chi connectivity index (χ3v) is 7.08. The lowest BCUT2D eigenvalue weighted by Gasteiger charge is -2.34. The highest BCUT2D eigenvalue weighted by Crippen LogP contribution is 2.30. The first-order chi connectivity index (χ1) is 15.3. The van der Waals surface area contributed by atoms with E-state index in [1.54, 1.807) is 4.90 Å². The summed E-state index contributed by atoms with van der Waals surface area (Å²) in [7, 11) is -2.66. The van der Waals surface area contributed by atoms with E-state index in [0.29, 0.717) is 37.4 Å². The minimum Gasteiger partial charge on any atom is -0.490 e. The van der Waals surface area contributed by atoms with Gasteiger partial charge in [0.1, 0.15) is 0 Å². The molecule has 2 aromatic rings. The summed E-state index contributed by atoms with van der Waals surface area (Å²) in [5.41, 5.74) is -0.422. The van der Waals surface area contributed by atoms with Crippen molar-refractivity contribution in [2.45, 2.75) is 37.5 Å². The standard InChI is InChI=1S/C19H25N5O7S/c1-3-17-20-18(31-21-17)5-4-6-19(25)22-9-11-23(12-10-22)32(28,29)14-7-8-16(30-2)15(13-14)24(26)27/h7-8,13H,3-6,9-12H2,1-2H3. The van der Waals surface area contributed by atoms with Gasteiger partial charge in [-0.3, -0.25) is 14.9 Å². The number of rotatable bonds is 9. The number of nitro groups is 1. The van der Waals surface area contributed by atoms with Crippen molar-refractivity contribution in [3.8, 4) is 5.75 Å². The molecule has 12 nitrogen and oxygen atoms in total. The summed E-state index contributed by atoms with van der Waals surface area (Å²) in [4.78, 5) is 28.6. The zero-order chi connectivity index (χ0) is 23.3. The smallest absolute Gasteiger partial charge is 0.312 e. The molecule has 0 atom stereocenters. The Hall–Kier alpha value is -3.06. The number of sulfonamides is 1. The zero-order valence-electron chi connectivity index (χ0n) is 17.9. The Morgan fingerprint density at radius 2 is 2.00 bits per heavy atom. The van der Waals surface area contributed by atoms with Crippen LogP contribution in [0, 0.1) is 10.1 Å². The second kappa shape index (κ2) is 10.0. The molecular weight excluding hydrogens is 442 g/mol. The predicted molar refractivity (Wildman–Crippen MR) is 112 cm³/mol. The lowest BCUT2D eigenvalue weighted by atomic mass is 10.2. The third-order valence-electron chi connectivity index (χ3n) is 5.18. The van der Waals surface area contributed by atoms with Crippen LogP contribution in [0.15, 0.2) is 27.6 Å². The van der Waals surface area contributed by atoms with Crippen LogP contribution in [0.2, 0.25) is 0 Å². The van der Waals surface area contributed by atoms with E-state index < -0.39 is 20.6 Å². The van der Waals surface area contributed by atoms with E-state index in [-0.39, 0.29) is 42.7 Å². The van der Waals surface area contributed by atoms with Gasteiger partial charge < -0.3 is 14.2 Å². The van der Waals surface area contributed by atoms with Gasteiger partial charge in [0.2, 0.25) is 21.8 Å². The van der Waals surface area contributed by atoms with E-state index in [4.69, 9.17) is 9.26 Å². The Morgan fingerprint density at radius 1 is 1.28 bits per heavy atom. The molecular formula is C19H25N5O7S. The SMILES string of the molecule is CCc1noc(CCCC(=O)N2CCN(S(=O)(=O)c3ccc(OC)c([N+](=O)[O-])c3)CC2)n1. The van der Waals surface area contributed by atoms with Crippen LogP contribution in [0.25, 0.3) is 0 Å². The Bertz CT molecular complexity index is 1080. The number of nitro benzene ring substituents is 1. The third kappa shape index (κ3) is 5.22. The number of hydrogen-bond acceptors (Lipinski definition) is 9. The highest BCUT2D eigenvalue weighted by molar-refractivity contribution is 7.89. The van der Waals surface area contributed by atoms with Crippen molar-refractivity contribution in [3.63, 3.8) is 0 Å². The number of piperazine rings is 1. The highest BCUT2D eigenvalue weighted by atomic mass is 32.2. The van der Waals surface area contributed by atoms with Gasteiger partial charge in [0.15, 0.2) is 11.6 Å². The molecule has 0 N–H and O–H groups in total. The van der Waals surface area contributed by atoms with Crippen LogP contribution in [0.5, 0.6) is 5.75 Å². The van der Waals surface area contributed by atoms with E-state index in [0.717, 1.165) is 6.07 Å². The van der Waals surface area contributed by atoms with Crippen LogP contribution in [0.3, 0.4) is 0 Å². The van der Waals surface area contributed by atoms with Crippen molar-refractivity contribution in [2.75, 3.05) is 33.3 Å². The van der Waals surface area contributed by atoms with Gasteiger partial charge in [0, 0.05) is 51.5 Å². The van der Waals surface area contributed by atoms with E-state index in [1.807, 2.05) is 6.92 Å². The Balaban J connectivity index is 1.55. The molecule has 3 rings (SSSR count). The summed E-state index contributed by atoms with van der Waals surface area (Å²) in [6, 6.07) is 3.53. The molecule has 0 unspecified atom stereocenters. The van der Waals surface area contributed by atoms with Crippen molar-refractivity contribution >= 4 is 21.6 Å². The number of carbonyl (C=O) groups excluding carboxylic acids is 1. The molecule has 0 aliphatic carbocycles. The first-order valence-corrected chi connectivity index (χ1v) is 11.6. The van der Waals surface area contributed by atoms with Gasteiger partial charge in [0.05, 0.1) is 16.9 Å². The lowest BCUT2D eigenvalue weighted by molar-refractivity contribution is -0.386. The fourth-order valence-corrected chi connectivity index (χ4v) is 4.83. The molecule has 1 aromatic heterocycles. The lowest BCUT2D eigenvalue weighted by Crippen LogP contribution is -2.50. The van der Waals surface area contributed by atoms with E-state index in [9.17, 15) is 23.3 Å². The van der Waals surface area contributed by atoms with Crippen LogP contribution in [0.1, 0.15) is 31.5 Å². The largest absolute Gasteiger partial charge is 0.490 e. The average Bonchev–Trinajstić information content (AvgIpc) is 3.26. The molecule has 0 radical (unpaired) electrons. The molecule has 1 saturated heterocycles. The number of benzene rings is 1. The first-order valence-electron chi connectivity index (χ1n) is 10.2. The molecule has 174 valence electrons. The molecule has 1 amide bonds. The quantitative estimate of drug-likeness (QED) is 0.394. The van der Waals surface area contributed by atoms with Crippen molar-refractivity contribution in [1.82, 2.24) is 19.3 Å². The Morgan fingerprint density at radius 3 is 2.59 bits per heavy atom. The zero-order valence-corrected chi connectivity index (χ0v) is 18.7. The van der Waals surface area contributed by atoms with E-state index in [1.165, 1.54) is 23.5 Å². The van der Waals surface area contributed by atoms with Gasteiger partial charge in [-0.15, -0.1) is 0 Å². The minimum absolute atomic E-state index is 0.0178. The number of nitrogens with zero attached hydrogens (tertiary/aromatic N) is 5. The van der Waals surface area contributed by atoms with E-state index in [2.05, 4.69) is 10.1 Å². The molecule has 1 aromatic carbocycles. The second-order valence-corrected chi connectivity index (χ2v) is 9.13. The molecule has 0 bridgehead atoms. The number of amides is 1. The fraction of sp³-hybridized carbons (Fsp3) is 0.526. The topological polar surface area (TPSA) is 149 Å². The monoisotopic (exact) mass is 467 g/mol. The summed E-state index contributed by atoms with van der Waals surface area (Å²) in [5, 5.41) is 15.0. The summed E-state index contributed by atoms with van der Waals surface area (Å²) < 4.78 is 37.1. The maximum atomic E-state index is 12.9. The molecule has 1 aliphatic heterocycles. The number of aryl methyl sites for hydroxylation is 2. The number of hydrogen-bond donors (Lipinski definition) is 0. The molecule has 1 fully saturated rings. The maximum absolute atomic E-state index is 12.9. The van der Waals surface area contributed by atoms with Gasteiger partial charge in [-0.05, 0) is 18.6 Å². The molecule has 13 heteroatoms. The summed E-state index contributed by atoms with van der Waals surface area (Å²) in [6.45, 7) is 2.64. The Kier molecular flexibility index (Phi) is 7.40. The molecule has 0 spiro atoms. The summed E-state index contributed by atoms with van der Waals surface area (Å²) >= 11 is 0. The minimum atomic E-state index is -3.94. The van der Waals surface area contributed by atoms with Gasteiger partial charge in [-0.2, -0.15) is 9.29 Å². The number of aromatic nitrogens is 2. The van der Waals surface area contributed by atoms with Crippen LogP contribution in [0.4, 0.5) is 5.69 Å². The normalized spacial score (nSPS) is 15.0. The highest BCUT2D eigenvalue weighted by Gasteiger charge is 2.31. The second-order valence-electron chi connectivity index (χ2n) is 7.19. The van der Waals surface area contributed by atoms with Gasteiger partial charge in [-0.1, -0.05) is 12.1 Å². The number of methoxy groups -OCH3 is 1. The summed E-state index contributed by atoms with van der Waals surface area (Å²) in [6.07, 6.45) is 2.03. The van der Waals surface area contributed by atoms with Crippen LogP contribution >= 0.6 is 0 Å². The van der Waals surface area contributed by atoms with Gasteiger partial charge in [-0.25, -0.2) is 8.42 Å². The number of ether oxygens (including phenoxy) is 1. The molecule has 32 heavy (non-hydrogen) atoms. The maximum Gasteiger partial charge on any atom is 0.312 e. The van der Waals surface area contributed by atoms with E-state index >= 15 is 0 Å². The molecule has 0 saturated carbocycles. The van der Waals surface area contributed by atoms with Crippen molar-refractivity contribution in [2.24, 2.45) is 0 Å². The van der Waals surface area contributed by atoms with Gasteiger partial charge in [0.25, 0.3) is 0 Å². The summed E-state index contributed by atoms with van der Waals surface area (Å²) in [5.74, 6) is 1.04.